The van der Waals surface area contributed by atoms with Crippen LogP contribution in [0.5, 0.6) is 5.75 Å². The van der Waals surface area contributed by atoms with Crippen molar-refractivity contribution in [2.75, 3.05) is 0 Å². The Kier molecular flexibility index (Phi) is 4.86. The lowest BCUT2D eigenvalue weighted by molar-refractivity contribution is -0.132. The molecule has 0 bridgehead atoms. The summed E-state index contributed by atoms with van der Waals surface area (Å²) in [5.74, 6) is -0.333. The zero-order chi connectivity index (χ0) is 18.8. The van der Waals surface area contributed by atoms with E-state index >= 15 is 0 Å². The molecule has 3 rings (SSSR count). The Hall–Kier alpha value is -2.99. The SMILES string of the molecule is CC(=O)Oc1c(C)cc(/C=C2\N=C(c3cc(Cl)ccn3)OC2=O)cc1C. The van der Waals surface area contributed by atoms with Gasteiger partial charge >= 0.3 is 11.9 Å². The molecule has 0 saturated carbocycles. The Balaban J connectivity index is 1.94. The summed E-state index contributed by atoms with van der Waals surface area (Å²) in [6.45, 7) is 5.00. The van der Waals surface area contributed by atoms with Crippen LogP contribution < -0.4 is 4.74 Å². The van der Waals surface area contributed by atoms with Crippen LogP contribution in [0.1, 0.15) is 29.3 Å². The van der Waals surface area contributed by atoms with E-state index in [0.717, 1.165) is 16.7 Å². The third-order valence-electron chi connectivity index (χ3n) is 3.59. The van der Waals surface area contributed by atoms with Crippen molar-refractivity contribution in [2.24, 2.45) is 4.99 Å². The average Bonchev–Trinajstić information content (AvgIpc) is 2.92. The molecule has 0 fully saturated rings. The fraction of sp³-hybridized carbons (Fsp3) is 0.158. The minimum Gasteiger partial charge on any atom is -0.426 e. The van der Waals surface area contributed by atoms with E-state index in [2.05, 4.69) is 9.98 Å². The number of cyclic esters (lactones) is 1. The molecule has 0 radical (unpaired) electrons. The molecule has 0 unspecified atom stereocenters. The van der Waals surface area contributed by atoms with E-state index in [-0.39, 0.29) is 17.6 Å². The maximum Gasteiger partial charge on any atom is 0.363 e. The van der Waals surface area contributed by atoms with Gasteiger partial charge in [-0.05, 0) is 60.9 Å². The molecule has 0 N–H and O–H groups in total. The van der Waals surface area contributed by atoms with Crippen molar-refractivity contribution in [1.82, 2.24) is 4.98 Å². The second-order valence-corrected chi connectivity index (χ2v) is 6.21. The molecule has 1 aromatic carbocycles. The second-order valence-electron chi connectivity index (χ2n) is 5.77. The van der Waals surface area contributed by atoms with Gasteiger partial charge in [-0.3, -0.25) is 9.78 Å². The van der Waals surface area contributed by atoms with Crippen LogP contribution >= 0.6 is 11.6 Å². The number of aromatic nitrogens is 1. The molecule has 0 spiro atoms. The predicted octanol–water partition coefficient (Wildman–Crippen LogP) is 3.62. The van der Waals surface area contributed by atoms with E-state index in [1.807, 2.05) is 13.8 Å². The number of rotatable bonds is 3. The molecule has 1 aliphatic rings. The van der Waals surface area contributed by atoms with E-state index in [9.17, 15) is 9.59 Å². The first-order chi connectivity index (χ1) is 12.3. The highest BCUT2D eigenvalue weighted by atomic mass is 35.5. The molecule has 0 saturated heterocycles. The summed E-state index contributed by atoms with van der Waals surface area (Å²) >= 11 is 5.93. The number of aryl methyl sites for hydroxylation is 2. The number of benzene rings is 1. The van der Waals surface area contributed by atoms with E-state index in [4.69, 9.17) is 21.1 Å². The molecule has 0 aliphatic carbocycles. The number of aliphatic imine (C=N–C) groups is 1. The molecule has 2 aromatic rings. The molecular formula is C19H15ClN2O4. The number of hydrogen-bond acceptors (Lipinski definition) is 6. The lowest BCUT2D eigenvalue weighted by Gasteiger charge is -2.10. The first-order valence-electron chi connectivity index (χ1n) is 7.77. The van der Waals surface area contributed by atoms with Gasteiger partial charge in [0.25, 0.3) is 0 Å². The largest absolute Gasteiger partial charge is 0.426 e. The molecule has 0 atom stereocenters. The first kappa shape index (κ1) is 17.8. The normalized spacial score (nSPS) is 15.0. The fourth-order valence-electron chi connectivity index (χ4n) is 2.57. The second kappa shape index (κ2) is 7.09. The first-order valence-corrected chi connectivity index (χ1v) is 8.15. The Bertz CT molecular complexity index is 956. The summed E-state index contributed by atoms with van der Waals surface area (Å²) in [5.41, 5.74) is 2.83. The van der Waals surface area contributed by atoms with Gasteiger partial charge in [0.2, 0.25) is 5.90 Å². The minimum absolute atomic E-state index is 0.105. The number of esters is 2. The number of hydrogen-bond donors (Lipinski definition) is 0. The lowest BCUT2D eigenvalue weighted by Crippen LogP contribution is -2.07. The third kappa shape index (κ3) is 3.81. The number of ether oxygens (including phenoxy) is 2. The highest BCUT2D eigenvalue weighted by molar-refractivity contribution is 6.31. The molecule has 1 aliphatic heterocycles. The highest BCUT2D eigenvalue weighted by Gasteiger charge is 2.25. The van der Waals surface area contributed by atoms with Crippen molar-refractivity contribution in [3.05, 3.63) is 63.6 Å². The molecular weight excluding hydrogens is 356 g/mol. The third-order valence-corrected chi connectivity index (χ3v) is 3.83. The van der Waals surface area contributed by atoms with Gasteiger partial charge in [0, 0.05) is 18.1 Å². The van der Waals surface area contributed by atoms with Crippen LogP contribution in [0.15, 0.2) is 41.2 Å². The Morgan fingerprint density at radius 3 is 2.54 bits per heavy atom. The summed E-state index contributed by atoms with van der Waals surface area (Å²) in [5, 5.41) is 0.471. The van der Waals surface area contributed by atoms with Crippen molar-refractivity contribution < 1.29 is 19.1 Å². The van der Waals surface area contributed by atoms with Crippen LogP contribution in [0, 0.1) is 13.8 Å². The Morgan fingerprint density at radius 2 is 1.92 bits per heavy atom. The average molecular weight is 371 g/mol. The standard InChI is InChI=1S/C19H15ClN2O4/c1-10-6-13(7-11(2)17(10)25-12(3)23)8-16-19(24)26-18(22-16)15-9-14(20)4-5-21-15/h4-9H,1-3H3/b16-8-. The van der Waals surface area contributed by atoms with Crippen molar-refractivity contribution in [2.45, 2.75) is 20.8 Å². The molecule has 132 valence electrons. The molecule has 2 heterocycles. The van der Waals surface area contributed by atoms with E-state index < -0.39 is 5.97 Å². The van der Waals surface area contributed by atoms with E-state index in [0.29, 0.717) is 16.5 Å². The van der Waals surface area contributed by atoms with Crippen LogP contribution in [-0.2, 0) is 14.3 Å². The van der Waals surface area contributed by atoms with Crippen LogP contribution in [0.2, 0.25) is 5.02 Å². The zero-order valence-corrected chi connectivity index (χ0v) is 15.1. The summed E-state index contributed by atoms with van der Waals surface area (Å²) in [6, 6.07) is 6.79. The maximum atomic E-state index is 12.1. The molecule has 1 aromatic heterocycles. The number of carbonyl (C=O) groups excluding carboxylic acids is 2. The highest BCUT2D eigenvalue weighted by Crippen LogP contribution is 2.27. The summed E-state index contributed by atoms with van der Waals surface area (Å²) in [4.78, 5) is 31.6. The summed E-state index contributed by atoms with van der Waals surface area (Å²) in [6.07, 6.45) is 3.12. The van der Waals surface area contributed by atoms with Gasteiger partial charge in [-0.1, -0.05) is 11.6 Å². The Morgan fingerprint density at radius 1 is 1.23 bits per heavy atom. The van der Waals surface area contributed by atoms with Crippen molar-refractivity contribution in [3.8, 4) is 5.75 Å². The topological polar surface area (TPSA) is 77.8 Å². The van der Waals surface area contributed by atoms with Gasteiger partial charge in [-0.25, -0.2) is 9.79 Å². The van der Waals surface area contributed by atoms with Crippen LogP contribution in [0.25, 0.3) is 6.08 Å². The smallest absolute Gasteiger partial charge is 0.363 e. The van der Waals surface area contributed by atoms with Gasteiger partial charge in [0.05, 0.1) is 0 Å². The van der Waals surface area contributed by atoms with Gasteiger partial charge in [0.15, 0.2) is 5.70 Å². The minimum atomic E-state index is -0.568. The van der Waals surface area contributed by atoms with Gasteiger partial charge in [-0.15, -0.1) is 0 Å². The number of halogens is 1. The Labute approximate surface area is 155 Å². The molecule has 0 amide bonds. The quantitative estimate of drug-likeness (QED) is 0.468. The van der Waals surface area contributed by atoms with Crippen LogP contribution in [-0.4, -0.2) is 22.8 Å². The van der Waals surface area contributed by atoms with E-state index in [1.54, 1.807) is 30.3 Å². The monoisotopic (exact) mass is 370 g/mol. The molecule has 7 heteroatoms. The number of nitrogens with zero attached hydrogens (tertiary/aromatic N) is 2. The predicted molar refractivity (Wildman–Crippen MR) is 97.1 cm³/mol. The van der Waals surface area contributed by atoms with Crippen LogP contribution in [0.3, 0.4) is 0 Å². The molecule has 6 nitrogen and oxygen atoms in total. The maximum absolute atomic E-state index is 12.1. The number of pyridine rings is 1. The van der Waals surface area contributed by atoms with Crippen molar-refractivity contribution >= 4 is 35.5 Å². The van der Waals surface area contributed by atoms with E-state index in [1.165, 1.54) is 13.1 Å². The summed E-state index contributed by atoms with van der Waals surface area (Å²) in [7, 11) is 0. The lowest BCUT2D eigenvalue weighted by atomic mass is 10.0. The van der Waals surface area contributed by atoms with Gasteiger partial charge in [-0.2, -0.15) is 0 Å². The van der Waals surface area contributed by atoms with Gasteiger partial charge < -0.3 is 9.47 Å². The molecule has 26 heavy (non-hydrogen) atoms. The summed E-state index contributed by atoms with van der Waals surface area (Å²) < 4.78 is 10.4. The van der Waals surface area contributed by atoms with Crippen molar-refractivity contribution in [1.29, 1.82) is 0 Å². The number of carbonyl (C=O) groups is 2. The fourth-order valence-corrected chi connectivity index (χ4v) is 2.73. The van der Waals surface area contributed by atoms with Crippen molar-refractivity contribution in [3.63, 3.8) is 0 Å². The van der Waals surface area contributed by atoms with Gasteiger partial charge in [0.1, 0.15) is 11.4 Å². The van der Waals surface area contributed by atoms with Crippen LogP contribution in [0.4, 0.5) is 0 Å². The zero-order valence-electron chi connectivity index (χ0n) is 14.4.